The molecule has 0 atom stereocenters. The molecule has 0 aliphatic heterocycles. The van der Waals surface area contributed by atoms with Crippen LogP contribution in [0.3, 0.4) is 0 Å². The van der Waals surface area contributed by atoms with Crippen molar-refractivity contribution >= 4 is 23.7 Å². The van der Waals surface area contributed by atoms with Crippen LogP contribution in [0.25, 0.3) is 0 Å². The summed E-state index contributed by atoms with van der Waals surface area (Å²) in [7, 11) is 0. The van der Waals surface area contributed by atoms with Gasteiger partial charge >= 0.3 is 6.01 Å². The SMILES string of the molecule is Cc1ccc(Cc2nnc(NC(=O)CCSc3ccc(F)cc3)o2)cc1C. The summed E-state index contributed by atoms with van der Waals surface area (Å²) >= 11 is 1.48. The molecule has 1 amide bonds. The van der Waals surface area contributed by atoms with E-state index in [2.05, 4.69) is 41.5 Å². The van der Waals surface area contributed by atoms with Crippen molar-refractivity contribution in [3.8, 4) is 0 Å². The van der Waals surface area contributed by atoms with Crippen LogP contribution >= 0.6 is 11.8 Å². The van der Waals surface area contributed by atoms with Crippen LogP contribution in [0.2, 0.25) is 0 Å². The van der Waals surface area contributed by atoms with Gasteiger partial charge in [0.1, 0.15) is 5.82 Å². The van der Waals surface area contributed by atoms with E-state index < -0.39 is 0 Å². The molecule has 0 spiro atoms. The van der Waals surface area contributed by atoms with Gasteiger partial charge in [0.2, 0.25) is 11.8 Å². The highest BCUT2D eigenvalue weighted by molar-refractivity contribution is 7.99. The molecule has 0 unspecified atom stereocenters. The second kappa shape index (κ2) is 8.81. The lowest BCUT2D eigenvalue weighted by Gasteiger charge is -2.03. The molecule has 0 aliphatic carbocycles. The zero-order valence-corrected chi connectivity index (χ0v) is 16.0. The third-order valence-electron chi connectivity index (χ3n) is 4.05. The molecule has 2 aromatic carbocycles. The van der Waals surface area contributed by atoms with Gasteiger partial charge in [-0.05, 0) is 54.8 Å². The standard InChI is InChI=1S/C20H20FN3O2S/c1-13-3-4-15(11-14(13)2)12-19-23-24-20(26-19)22-18(25)9-10-27-17-7-5-16(21)6-8-17/h3-8,11H,9-10,12H2,1-2H3,(H,22,24,25). The van der Waals surface area contributed by atoms with Crippen molar-refractivity contribution in [3.63, 3.8) is 0 Å². The summed E-state index contributed by atoms with van der Waals surface area (Å²) < 4.78 is 18.4. The van der Waals surface area contributed by atoms with Crippen LogP contribution in [0.15, 0.2) is 51.8 Å². The zero-order chi connectivity index (χ0) is 19.2. The molecule has 0 saturated carbocycles. The Morgan fingerprint density at radius 2 is 1.89 bits per heavy atom. The second-order valence-electron chi connectivity index (χ2n) is 6.20. The van der Waals surface area contributed by atoms with Crippen LogP contribution in [0.5, 0.6) is 0 Å². The third-order valence-corrected chi connectivity index (χ3v) is 5.07. The van der Waals surface area contributed by atoms with Crippen molar-refractivity contribution in [1.82, 2.24) is 10.2 Å². The minimum absolute atomic E-state index is 0.102. The Kier molecular flexibility index (Phi) is 6.24. The van der Waals surface area contributed by atoms with E-state index in [0.29, 0.717) is 18.1 Å². The predicted molar refractivity (Wildman–Crippen MR) is 103 cm³/mol. The first kappa shape index (κ1) is 19.1. The first-order valence-corrected chi connectivity index (χ1v) is 9.55. The summed E-state index contributed by atoms with van der Waals surface area (Å²) in [5.41, 5.74) is 3.52. The summed E-state index contributed by atoms with van der Waals surface area (Å²) in [6.07, 6.45) is 0.807. The second-order valence-corrected chi connectivity index (χ2v) is 7.37. The molecule has 0 aliphatic rings. The van der Waals surface area contributed by atoms with E-state index in [1.807, 2.05) is 6.07 Å². The van der Waals surface area contributed by atoms with Crippen molar-refractivity contribution in [1.29, 1.82) is 0 Å². The Hall–Kier alpha value is -2.67. The van der Waals surface area contributed by atoms with Crippen LogP contribution in [0.1, 0.15) is 29.0 Å². The van der Waals surface area contributed by atoms with Crippen molar-refractivity contribution in [2.24, 2.45) is 0 Å². The molecule has 1 heterocycles. The van der Waals surface area contributed by atoms with Crippen molar-refractivity contribution < 1.29 is 13.6 Å². The van der Waals surface area contributed by atoms with Crippen molar-refractivity contribution in [3.05, 3.63) is 70.9 Å². The molecule has 140 valence electrons. The number of aromatic nitrogens is 2. The maximum Gasteiger partial charge on any atom is 0.322 e. The molecule has 3 aromatic rings. The van der Waals surface area contributed by atoms with Crippen molar-refractivity contribution in [2.75, 3.05) is 11.1 Å². The Morgan fingerprint density at radius 1 is 1.11 bits per heavy atom. The van der Waals surface area contributed by atoms with Crippen molar-refractivity contribution in [2.45, 2.75) is 31.6 Å². The van der Waals surface area contributed by atoms with Gasteiger partial charge in [0.25, 0.3) is 0 Å². The number of thioether (sulfide) groups is 1. The number of halogens is 1. The van der Waals surface area contributed by atoms with Crippen LogP contribution in [0, 0.1) is 19.7 Å². The minimum atomic E-state index is -0.273. The lowest BCUT2D eigenvalue weighted by atomic mass is 10.0. The smallest absolute Gasteiger partial charge is 0.322 e. The largest absolute Gasteiger partial charge is 0.407 e. The Labute approximate surface area is 161 Å². The molecule has 3 rings (SSSR count). The van der Waals surface area contributed by atoms with Gasteiger partial charge in [0, 0.05) is 17.1 Å². The van der Waals surface area contributed by atoms with Gasteiger partial charge < -0.3 is 4.42 Å². The number of amides is 1. The fraction of sp³-hybridized carbons (Fsp3) is 0.250. The minimum Gasteiger partial charge on any atom is -0.407 e. The number of rotatable bonds is 7. The quantitative estimate of drug-likeness (QED) is 0.605. The van der Waals surface area contributed by atoms with Gasteiger partial charge in [-0.1, -0.05) is 23.3 Å². The number of nitrogens with one attached hydrogen (secondary N) is 1. The highest BCUT2D eigenvalue weighted by Gasteiger charge is 2.11. The third kappa shape index (κ3) is 5.65. The summed E-state index contributed by atoms with van der Waals surface area (Å²) in [6.45, 7) is 4.12. The Balaban J connectivity index is 1.47. The summed E-state index contributed by atoms with van der Waals surface area (Å²) in [5.74, 6) is 0.548. The molecular formula is C20H20FN3O2S. The van der Waals surface area contributed by atoms with Crippen LogP contribution in [-0.4, -0.2) is 21.9 Å². The highest BCUT2D eigenvalue weighted by Crippen LogP contribution is 2.19. The van der Waals surface area contributed by atoms with Gasteiger partial charge in [-0.15, -0.1) is 16.9 Å². The summed E-state index contributed by atoms with van der Waals surface area (Å²) in [6, 6.07) is 12.5. The average molecular weight is 385 g/mol. The molecule has 1 aromatic heterocycles. The first-order valence-electron chi connectivity index (χ1n) is 8.56. The van der Waals surface area contributed by atoms with Gasteiger partial charge in [-0.25, -0.2) is 4.39 Å². The van der Waals surface area contributed by atoms with Gasteiger partial charge in [0.15, 0.2) is 0 Å². The van der Waals surface area contributed by atoms with E-state index in [4.69, 9.17) is 4.42 Å². The van der Waals surface area contributed by atoms with Crippen LogP contribution in [-0.2, 0) is 11.2 Å². The van der Waals surface area contributed by atoms with Crippen LogP contribution < -0.4 is 5.32 Å². The normalized spacial score (nSPS) is 10.8. The molecular weight excluding hydrogens is 365 g/mol. The zero-order valence-electron chi connectivity index (χ0n) is 15.2. The molecule has 0 saturated heterocycles. The van der Waals surface area contributed by atoms with Gasteiger partial charge in [0.05, 0.1) is 6.42 Å². The lowest BCUT2D eigenvalue weighted by molar-refractivity contribution is -0.115. The Bertz CT molecular complexity index is 925. The van der Waals surface area contributed by atoms with E-state index in [1.165, 1.54) is 35.0 Å². The molecule has 0 bridgehead atoms. The molecule has 1 N–H and O–H groups in total. The number of carbonyl (C=O) groups excluding carboxylic acids is 1. The van der Waals surface area contributed by atoms with Crippen LogP contribution in [0.4, 0.5) is 10.4 Å². The molecule has 7 heteroatoms. The maximum atomic E-state index is 12.9. The maximum absolute atomic E-state index is 12.9. The van der Waals surface area contributed by atoms with Gasteiger partial charge in [-0.3, -0.25) is 10.1 Å². The average Bonchev–Trinajstić information content (AvgIpc) is 3.06. The number of benzene rings is 2. The summed E-state index contributed by atoms with van der Waals surface area (Å²) in [5, 5.41) is 10.5. The fourth-order valence-electron chi connectivity index (χ4n) is 2.44. The number of carbonyl (C=O) groups is 1. The number of aryl methyl sites for hydroxylation is 2. The first-order chi connectivity index (χ1) is 13.0. The lowest BCUT2D eigenvalue weighted by Crippen LogP contribution is -2.12. The number of hydrogen-bond donors (Lipinski definition) is 1. The fourth-order valence-corrected chi connectivity index (χ4v) is 3.29. The monoisotopic (exact) mass is 385 g/mol. The van der Waals surface area contributed by atoms with E-state index in [-0.39, 0.29) is 24.2 Å². The molecule has 27 heavy (non-hydrogen) atoms. The molecule has 0 fully saturated rings. The van der Waals surface area contributed by atoms with E-state index in [0.717, 1.165) is 10.5 Å². The molecule has 5 nitrogen and oxygen atoms in total. The topological polar surface area (TPSA) is 68.0 Å². The number of nitrogens with zero attached hydrogens (tertiary/aromatic N) is 2. The summed E-state index contributed by atoms with van der Waals surface area (Å²) in [4.78, 5) is 12.9. The number of anilines is 1. The van der Waals surface area contributed by atoms with E-state index in [9.17, 15) is 9.18 Å². The Morgan fingerprint density at radius 3 is 2.63 bits per heavy atom. The van der Waals surface area contributed by atoms with E-state index in [1.54, 1.807) is 12.1 Å². The van der Waals surface area contributed by atoms with Gasteiger partial charge in [-0.2, -0.15) is 0 Å². The van der Waals surface area contributed by atoms with E-state index >= 15 is 0 Å². The molecule has 0 radical (unpaired) electrons. The predicted octanol–water partition coefficient (Wildman–Crippen LogP) is 4.54. The highest BCUT2D eigenvalue weighted by atomic mass is 32.2. The number of hydrogen-bond acceptors (Lipinski definition) is 5.